The number of hydrogen-bond donors (Lipinski definition) is 1. The van der Waals surface area contributed by atoms with Gasteiger partial charge < -0.3 is 5.73 Å². The van der Waals surface area contributed by atoms with Gasteiger partial charge in [-0.3, -0.25) is 0 Å². The van der Waals surface area contributed by atoms with E-state index in [-0.39, 0.29) is 0 Å². The molecule has 0 bridgehead atoms. The minimum Gasteiger partial charge on any atom is -0.328 e. The lowest BCUT2D eigenvalue weighted by molar-refractivity contribution is 0.120. The van der Waals surface area contributed by atoms with Crippen LogP contribution in [0.3, 0.4) is 0 Å². The topological polar surface area (TPSA) is 26.0 Å². The third kappa shape index (κ3) is 2.07. The summed E-state index contributed by atoms with van der Waals surface area (Å²) in [6, 6.07) is 0.433. The van der Waals surface area contributed by atoms with Gasteiger partial charge in [0.25, 0.3) is 0 Å². The van der Waals surface area contributed by atoms with E-state index < -0.39 is 0 Å². The van der Waals surface area contributed by atoms with Crippen LogP contribution in [-0.2, 0) is 0 Å². The van der Waals surface area contributed by atoms with E-state index in [1.165, 1.54) is 44.9 Å². The van der Waals surface area contributed by atoms with Gasteiger partial charge in [0.05, 0.1) is 0 Å². The zero-order valence-electron chi connectivity index (χ0n) is 8.84. The fraction of sp³-hybridized carbons (Fsp3) is 1.00. The Balaban J connectivity index is 1.91. The zero-order valence-corrected chi connectivity index (χ0v) is 8.84. The van der Waals surface area contributed by atoms with E-state index >= 15 is 0 Å². The van der Waals surface area contributed by atoms with Crippen LogP contribution in [0.25, 0.3) is 0 Å². The van der Waals surface area contributed by atoms with E-state index in [4.69, 9.17) is 5.73 Å². The molecule has 2 N–H and O–H groups in total. The van der Waals surface area contributed by atoms with Crippen molar-refractivity contribution in [2.24, 2.45) is 23.5 Å². The second-order valence-corrected chi connectivity index (χ2v) is 5.24. The molecule has 1 heteroatoms. The summed E-state index contributed by atoms with van der Waals surface area (Å²) in [5.74, 6) is 2.95. The summed E-state index contributed by atoms with van der Waals surface area (Å²) in [5.41, 5.74) is 5.99. The summed E-state index contributed by atoms with van der Waals surface area (Å²) >= 11 is 0. The molecule has 0 spiro atoms. The van der Waals surface area contributed by atoms with Gasteiger partial charge in [0, 0.05) is 6.04 Å². The normalized spacial score (nSPS) is 42.5. The first kappa shape index (κ1) is 9.51. The Morgan fingerprint density at radius 2 is 1.69 bits per heavy atom. The van der Waals surface area contributed by atoms with Crippen LogP contribution in [0, 0.1) is 17.8 Å². The molecule has 0 heterocycles. The summed E-state index contributed by atoms with van der Waals surface area (Å²) in [6.45, 7) is 2.19. The van der Waals surface area contributed by atoms with Gasteiger partial charge in [-0.25, -0.2) is 0 Å². The van der Waals surface area contributed by atoms with Crippen LogP contribution in [-0.4, -0.2) is 6.04 Å². The molecule has 4 unspecified atom stereocenters. The second-order valence-electron chi connectivity index (χ2n) is 5.24. The third-order valence-corrected chi connectivity index (χ3v) is 4.32. The smallest absolute Gasteiger partial charge is 0.00388 e. The molecule has 2 rings (SSSR count). The Bertz CT molecular complexity index is 165. The first-order valence-electron chi connectivity index (χ1n) is 6.03. The van der Waals surface area contributed by atoms with E-state index in [0.717, 1.165) is 17.8 Å². The van der Waals surface area contributed by atoms with E-state index in [9.17, 15) is 0 Å². The van der Waals surface area contributed by atoms with Crippen molar-refractivity contribution in [1.29, 1.82) is 0 Å². The number of rotatable bonds is 1. The molecule has 4 atom stereocenters. The van der Waals surface area contributed by atoms with Gasteiger partial charge in [-0.15, -0.1) is 0 Å². The van der Waals surface area contributed by atoms with Crippen molar-refractivity contribution >= 4 is 0 Å². The quantitative estimate of drug-likeness (QED) is 0.661. The Hall–Kier alpha value is -0.0400. The van der Waals surface area contributed by atoms with Crippen molar-refractivity contribution in [3.05, 3.63) is 0 Å². The standard InChI is InChI=1S/C12H23N/c1-9(13)11-7-6-10-4-2-3-5-12(10)8-11/h9-12H,2-8,13H2,1H3. The van der Waals surface area contributed by atoms with E-state index in [1.54, 1.807) is 0 Å². The molecule has 2 fully saturated rings. The van der Waals surface area contributed by atoms with Crippen molar-refractivity contribution in [3.8, 4) is 0 Å². The van der Waals surface area contributed by atoms with Crippen LogP contribution in [0.2, 0.25) is 0 Å². The molecular formula is C12H23N. The average molecular weight is 181 g/mol. The maximum atomic E-state index is 5.99. The van der Waals surface area contributed by atoms with Crippen LogP contribution in [0.4, 0.5) is 0 Å². The fourth-order valence-electron chi connectivity index (χ4n) is 3.39. The van der Waals surface area contributed by atoms with E-state index in [1.807, 2.05) is 0 Å². The predicted octanol–water partition coefficient (Wildman–Crippen LogP) is 2.94. The van der Waals surface area contributed by atoms with Crippen LogP contribution in [0.5, 0.6) is 0 Å². The van der Waals surface area contributed by atoms with Crippen molar-refractivity contribution in [3.63, 3.8) is 0 Å². The van der Waals surface area contributed by atoms with Gasteiger partial charge >= 0.3 is 0 Å². The SMILES string of the molecule is CC(N)C1CCC2CCCCC2C1. The summed E-state index contributed by atoms with van der Waals surface area (Å²) in [7, 11) is 0. The molecule has 0 aromatic heterocycles. The van der Waals surface area contributed by atoms with Gasteiger partial charge in [-0.2, -0.15) is 0 Å². The Morgan fingerprint density at radius 1 is 1.00 bits per heavy atom. The monoisotopic (exact) mass is 181 g/mol. The summed E-state index contributed by atoms with van der Waals surface area (Å²) in [6.07, 6.45) is 10.3. The van der Waals surface area contributed by atoms with Crippen LogP contribution < -0.4 is 5.73 Å². The summed E-state index contributed by atoms with van der Waals surface area (Å²) in [5, 5.41) is 0. The molecule has 0 radical (unpaired) electrons. The molecule has 0 amide bonds. The molecule has 2 saturated carbocycles. The maximum Gasteiger partial charge on any atom is 0.00388 e. The van der Waals surface area contributed by atoms with Crippen molar-refractivity contribution in [1.82, 2.24) is 0 Å². The fourth-order valence-corrected chi connectivity index (χ4v) is 3.39. The van der Waals surface area contributed by atoms with Crippen molar-refractivity contribution < 1.29 is 0 Å². The molecule has 0 aliphatic heterocycles. The second kappa shape index (κ2) is 4.00. The maximum absolute atomic E-state index is 5.99. The lowest BCUT2D eigenvalue weighted by Gasteiger charge is -2.40. The highest BCUT2D eigenvalue weighted by molar-refractivity contribution is 4.85. The van der Waals surface area contributed by atoms with Crippen molar-refractivity contribution in [2.75, 3.05) is 0 Å². The largest absolute Gasteiger partial charge is 0.328 e. The minimum atomic E-state index is 0.433. The van der Waals surface area contributed by atoms with Gasteiger partial charge in [0.1, 0.15) is 0 Å². The molecule has 0 saturated heterocycles. The molecule has 13 heavy (non-hydrogen) atoms. The van der Waals surface area contributed by atoms with Gasteiger partial charge in [-0.1, -0.05) is 25.7 Å². The van der Waals surface area contributed by atoms with Gasteiger partial charge in [0.15, 0.2) is 0 Å². The predicted molar refractivity (Wildman–Crippen MR) is 56.4 cm³/mol. The molecule has 2 aliphatic rings. The average Bonchev–Trinajstić information content (AvgIpc) is 2.17. The highest BCUT2D eigenvalue weighted by atomic mass is 14.6. The van der Waals surface area contributed by atoms with Crippen LogP contribution >= 0.6 is 0 Å². The number of nitrogens with two attached hydrogens (primary N) is 1. The van der Waals surface area contributed by atoms with E-state index in [0.29, 0.717) is 6.04 Å². The van der Waals surface area contributed by atoms with Gasteiger partial charge in [0.2, 0.25) is 0 Å². The molecule has 1 nitrogen and oxygen atoms in total. The lowest BCUT2D eigenvalue weighted by atomic mass is 9.66. The van der Waals surface area contributed by atoms with Gasteiger partial charge in [-0.05, 0) is 43.9 Å². The minimum absolute atomic E-state index is 0.433. The number of hydrogen-bond acceptors (Lipinski definition) is 1. The highest BCUT2D eigenvalue weighted by Gasteiger charge is 2.33. The Kier molecular flexibility index (Phi) is 2.92. The molecular weight excluding hydrogens is 158 g/mol. The van der Waals surface area contributed by atoms with Crippen LogP contribution in [0.1, 0.15) is 51.9 Å². The van der Waals surface area contributed by atoms with Crippen molar-refractivity contribution in [2.45, 2.75) is 57.9 Å². The third-order valence-electron chi connectivity index (χ3n) is 4.32. The molecule has 76 valence electrons. The molecule has 2 aliphatic carbocycles. The Labute approximate surface area is 82.1 Å². The first-order chi connectivity index (χ1) is 6.27. The van der Waals surface area contributed by atoms with Crippen LogP contribution in [0.15, 0.2) is 0 Å². The van der Waals surface area contributed by atoms with E-state index in [2.05, 4.69) is 6.92 Å². The summed E-state index contributed by atoms with van der Waals surface area (Å²) in [4.78, 5) is 0. The summed E-state index contributed by atoms with van der Waals surface area (Å²) < 4.78 is 0. The zero-order chi connectivity index (χ0) is 9.26. The molecule has 0 aromatic carbocycles. The first-order valence-corrected chi connectivity index (χ1v) is 6.03. The number of fused-ring (bicyclic) bond motifs is 1. The highest BCUT2D eigenvalue weighted by Crippen LogP contribution is 2.43. The molecule has 0 aromatic rings. The Morgan fingerprint density at radius 3 is 2.38 bits per heavy atom. The lowest BCUT2D eigenvalue weighted by Crippen LogP contribution is -2.35.